The van der Waals surface area contributed by atoms with E-state index in [-0.39, 0.29) is 11.1 Å². The Kier molecular flexibility index (Phi) is 6.91. The summed E-state index contributed by atoms with van der Waals surface area (Å²) in [6.07, 6.45) is 0. The lowest BCUT2D eigenvalue weighted by atomic mass is 9.97. The number of ketones is 1. The van der Waals surface area contributed by atoms with Crippen LogP contribution in [-0.2, 0) is 30.4 Å². The normalized spacial score (nSPS) is 12.4. The Morgan fingerprint density at radius 3 is 1.77 bits per heavy atom. The van der Waals surface area contributed by atoms with Crippen LogP contribution < -0.4 is 4.74 Å². The summed E-state index contributed by atoms with van der Waals surface area (Å²) >= 11 is 0. The van der Waals surface area contributed by atoms with Crippen molar-refractivity contribution in [3.8, 4) is 11.5 Å². The number of rotatable bonds is 7. The molecule has 0 radical (unpaired) electrons. The summed E-state index contributed by atoms with van der Waals surface area (Å²) in [5.74, 6) is -1.91. The number of benzene rings is 3. The molecule has 0 atom stereocenters. The second-order valence-electron chi connectivity index (χ2n) is 7.44. The lowest BCUT2D eigenvalue weighted by Crippen LogP contribution is -2.09. The summed E-state index contributed by atoms with van der Waals surface area (Å²) < 4.78 is 104. The molecule has 0 aliphatic heterocycles. The monoisotopic (exact) mass is 542 g/mol. The SMILES string of the molecule is Cc1ccc(C)c(C(=O)c2ccc(Oc3ccc(S(=O)(=O)O)cc3S(=O)(=O)O)c(S(=O)(=O)O)c2)c1. The fraction of sp³-hybridized carbons (Fsp3) is 0.0952. The minimum Gasteiger partial charge on any atom is -0.454 e. The van der Waals surface area contributed by atoms with Gasteiger partial charge in [-0.15, -0.1) is 0 Å². The molecule has 3 rings (SSSR count). The van der Waals surface area contributed by atoms with Gasteiger partial charge < -0.3 is 4.74 Å². The third kappa shape index (κ3) is 5.93. The maximum Gasteiger partial charge on any atom is 0.298 e. The molecule has 0 fully saturated rings. The van der Waals surface area contributed by atoms with Gasteiger partial charge in [-0.1, -0.05) is 17.7 Å². The van der Waals surface area contributed by atoms with Crippen molar-refractivity contribution < 1.29 is 48.4 Å². The molecule has 186 valence electrons. The van der Waals surface area contributed by atoms with Crippen molar-refractivity contribution in [3.63, 3.8) is 0 Å². The van der Waals surface area contributed by atoms with Crippen LogP contribution in [0.1, 0.15) is 27.0 Å². The smallest absolute Gasteiger partial charge is 0.298 e. The van der Waals surface area contributed by atoms with Crippen molar-refractivity contribution in [2.75, 3.05) is 0 Å². The van der Waals surface area contributed by atoms with Crippen LogP contribution in [0.2, 0.25) is 0 Å². The van der Waals surface area contributed by atoms with E-state index in [1.54, 1.807) is 32.0 Å². The van der Waals surface area contributed by atoms with Gasteiger partial charge in [-0.25, -0.2) is 0 Å². The molecule has 0 aromatic heterocycles. The van der Waals surface area contributed by atoms with E-state index in [9.17, 15) is 39.2 Å². The molecule has 3 aromatic rings. The highest BCUT2D eigenvalue weighted by Crippen LogP contribution is 2.35. The van der Waals surface area contributed by atoms with Gasteiger partial charge in [0.25, 0.3) is 30.4 Å². The first-order valence-electron chi connectivity index (χ1n) is 9.49. The number of aryl methyl sites for hydroxylation is 2. The van der Waals surface area contributed by atoms with Crippen LogP contribution in [0.3, 0.4) is 0 Å². The van der Waals surface area contributed by atoms with Crippen LogP contribution in [0.4, 0.5) is 0 Å². The van der Waals surface area contributed by atoms with E-state index in [2.05, 4.69) is 0 Å². The summed E-state index contributed by atoms with van der Waals surface area (Å²) in [5, 5.41) is 0. The average Bonchev–Trinajstić information content (AvgIpc) is 2.73. The zero-order valence-corrected chi connectivity index (χ0v) is 20.5. The number of hydrogen-bond donors (Lipinski definition) is 3. The lowest BCUT2D eigenvalue weighted by Gasteiger charge is -2.14. The fourth-order valence-corrected chi connectivity index (χ4v) is 4.99. The van der Waals surface area contributed by atoms with Crippen molar-refractivity contribution in [1.29, 1.82) is 0 Å². The molecule has 0 aliphatic rings. The molecular formula is C21H18O11S3. The number of carbonyl (C=O) groups excluding carboxylic acids is 1. The second-order valence-corrected chi connectivity index (χ2v) is 11.6. The number of carbonyl (C=O) groups is 1. The quantitative estimate of drug-likeness (QED) is 0.294. The van der Waals surface area contributed by atoms with Gasteiger partial charge in [-0.3, -0.25) is 18.5 Å². The molecule has 0 heterocycles. The van der Waals surface area contributed by atoms with Gasteiger partial charge in [0, 0.05) is 11.1 Å². The number of ether oxygens (including phenoxy) is 1. The van der Waals surface area contributed by atoms with Crippen LogP contribution in [0.15, 0.2) is 69.3 Å². The van der Waals surface area contributed by atoms with Crippen LogP contribution in [0.25, 0.3) is 0 Å². The molecule has 3 aromatic carbocycles. The topological polar surface area (TPSA) is 189 Å². The standard InChI is InChI=1S/C21H18O11S3/c1-12-3-4-13(2)16(9-12)21(22)14-5-7-17(19(10-14)34(26,27)28)32-18-8-6-15(33(23,24)25)11-20(18)35(29,30)31/h3-11H,1-2H3,(H,23,24,25)(H,26,27,28)(H,29,30,31). The number of hydrogen-bond acceptors (Lipinski definition) is 8. The highest BCUT2D eigenvalue weighted by atomic mass is 32.2. The summed E-state index contributed by atoms with van der Waals surface area (Å²) in [7, 11) is -15.0. The van der Waals surface area contributed by atoms with Crippen LogP contribution in [0, 0.1) is 13.8 Å². The van der Waals surface area contributed by atoms with Gasteiger partial charge in [0.05, 0.1) is 4.90 Å². The Hall–Kier alpha value is -3.14. The zero-order chi connectivity index (χ0) is 26.3. The largest absolute Gasteiger partial charge is 0.454 e. The van der Waals surface area contributed by atoms with Crippen LogP contribution in [-0.4, -0.2) is 44.7 Å². The van der Waals surface area contributed by atoms with Crippen molar-refractivity contribution in [2.45, 2.75) is 28.5 Å². The first-order chi connectivity index (χ1) is 16.0. The first kappa shape index (κ1) is 26.5. The minimum absolute atomic E-state index is 0.129. The summed E-state index contributed by atoms with van der Waals surface area (Å²) in [4.78, 5) is 10.1. The zero-order valence-electron chi connectivity index (χ0n) is 18.0. The summed E-state index contributed by atoms with van der Waals surface area (Å²) in [6.45, 7) is 3.44. The van der Waals surface area contributed by atoms with Crippen molar-refractivity contribution in [2.24, 2.45) is 0 Å². The Morgan fingerprint density at radius 2 is 1.23 bits per heavy atom. The van der Waals surface area contributed by atoms with Crippen molar-refractivity contribution in [3.05, 3.63) is 76.9 Å². The van der Waals surface area contributed by atoms with Gasteiger partial charge in [-0.2, -0.15) is 25.3 Å². The highest BCUT2D eigenvalue weighted by Gasteiger charge is 2.26. The Morgan fingerprint density at radius 1 is 0.686 bits per heavy atom. The van der Waals surface area contributed by atoms with E-state index < -0.39 is 62.3 Å². The fourth-order valence-electron chi connectivity index (χ4n) is 3.12. The molecule has 0 bridgehead atoms. The van der Waals surface area contributed by atoms with Gasteiger partial charge in [-0.05, 0) is 61.9 Å². The van der Waals surface area contributed by atoms with E-state index >= 15 is 0 Å². The highest BCUT2D eigenvalue weighted by molar-refractivity contribution is 7.86. The maximum absolute atomic E-state index is 13.0. The molecular weight excluding hydrogens is 524 g/mol. The lowest BCUT2D eigenvalue weighted by molar-refractivity contribution is 0.103. The van der Waals surface area contributed by atoms with E-state index in [1.165, 1.54) is 6.07 Å². The van der Waals surface area contributed by atoms with Gasteiger partial charge >= 0.3 is 0 Å². The second kappa shape index (κ2) is 9.14. The third-order valence-corrected chi connectivity index (χ3v) is 7.43. The molecule has 11 nitrogen and oxygen atoms in total. The predicted molar refractivity (Wildman–Crippen MR) is 122 cm³/mol. The average molecular weight is 543 g/mol. The molecule has 0 aliphatic carbocycles. The van der Waals surface area contributed by atoms with Crippen LogP contribution in [0.5, 0.6) is 11.5 Å². The first-order valence-corrected chi connectivity index (χ1v) is 13.8. The van der Waals surface area contributed by atoms with E-state index in [0.29, 0.717) is 11.6 Å². The van der Waals surface area contributed by atoms with E-state index in [1.807, 2.05) is 0 Å². The van der Waals surface area contributed by atoms with Crippen molar-refractivity contribution >= 4 is 36.1 Å². The maximum atomic E-state index is 13.0. The minimum atomic E-state index is -5.12. The Labute approximate surface area is 201 Å². The van der Waals surface area contributed by atoms with Crippen molar-refractivity contribution in [1.82, 2.24) is 0 Å². The Bertz CT molecular complexity index is 1670. The van der Waals surface area contributed by atoms with Gasteiger partial charge in [0.2, 0.25) is 0 Å². The summed E-state index contributed by atoms with van der Waals surface area (Å²) in [6, 6.07) is 9.95. The molecule has 14 heteroatoms. The summed E-state index contributed by atoms with van der Waals surface area (Å²) in [5.41, 5.74) is 1.55. The Balaban J connectivity index is 2.15. The molecule has 35 heavy (non-hydrogen) atoms. The molecule has 0 saturated heterocycles. The predicted octanol–water partition coefficient (Wildman–Crippen LogP) is 3.07. The van der Waals surface area contributed by atoms with Gasteiger partial charge in [0.1, 0.15) is 21.3 Å². The molecule has 0 unspecified atom stereocenters. The molecule has 0 spiro atoms. The van der Waals surface area contributed by atoms with Crippen LogP contribution >= 0.6 is 0 Å². The van der Waals surface area contributed by atoms with Gasteiger partial charge in [0.15, 0.2) is 5.78 Å². The third-order valence-electron chi connectivity index (χ3n) is 4.83. The van der Waals surface area contributed by atoms with E-state index in [0.717, 1.165) is 29.8 Å². The molecule has 3 N–H and O–H groups in total. The molecule has 0 saturated carbocycles. The van der Waals surface area contributed by atoms with E-state index in [4.69, 9.17) is 9.29 Å². The molecule has 0 amide bonds.